The van der Waals surface area contributed by atoms with E-state index in [0.717, 1.165) is 13.0 Å². The van der Waals surface area contributed by atoms with Gasteiger partial charge in [0, 0.05) is 13.7 Å². The molecule has 1 N–H and O–H groups in total. The Morgan fingerprint density at radius 3 is 2.62 bits per heavy atom. The van der Waals surface area contributed by atoms with E-state index in [4.69, 9.17) is 9.47 Å². The van der Waals surface area contributed by atoms with Crippen LogP contribution in [0.4, 0.5) is 0 Å². The van der Waals surface area contributed by atoms with Crippen molar-refractivity contribution in [3.63, 3.8) is 0 Å². The van der Waals surface area contributed by atoms with Gasteiger partial charge in [0.15, 0.2) is 0 Å². The van der Waals surface area contributed by atoms with Gasteiger partial charge < -0.3 is 14.6 Å². The van der Waals surface area contributed by atoms with Crippen LogP contribution in [-0.2, 0) is 9.47 Å². The Morgan fingerprint density at radius 2 is 2.15 bits per heavy atom. The molecule has 0 amide bonds. The zero-order valence-electron chi connectivity index (χ0n) is 8.53. The van der Waals surface area contributed by atoms with Crippen LogP contribution in [0.5, 0.6) is 0 Å². The van der Waals surface area contributed by atoms with Crippen molar-refractivity contribution < 1.29 is 14.6 Å². The largest absolute Gasteiger partial charge is 0.388 e. The van der Waals surface area contributed by atoms with Gasteiger partial charge in [-0.05, 0) is 25.2 Å². The van der Waals surface area contributed by atoms with Crippen LogP contribution in [-0.4, -0.2) is 37.6 Å². The highest BCUT2D eigenvalue weighted by Crippen LogP contribution is 2.35. The van der Waals surface area contributed by atoms with E-state index < -0.39 is 6.10 Å². The highest BCUT2D eigenvalue weighted by atomic mass is 16.5. The van der Waals surface area contributed by atoms with Crippen LogP contribution in [0.3, 0.4) is 0 Å². The lowest BCUT2D eigenvalue weighted by molar-refractivity contribution is -0.0644. The summed E-state index contributed by atoms with van der Waals surface area (Å²) >= 11 is 0. The molecule has 2 atom stereocenters. The van der Waals surface area contributed by atoms with Crippen LogP contribution < -0.4 is 0 Å². The van der Waals surface area contributed by atoms with Gasteiger partial charge >= 0.3 is 0 Å². The summed E-state index contributed by atoms with van der Waals surface area (Å²) in [5.41, 5.74) is 0. The summed E-state index contributed by atoms with van der Waals surface area (Å²) in [6.45, 7) is 3.18. The lowest BCUT2D eigenvalue weighted by atomic mass is 10.1. The van der Waals surface area contributed by atoms with Crippen LogP contribution in [0.25, 0.3) is 0 Å². The molecule has 0 bridgehead atoms. The van der Waals surface area contributed by atoms with Gasteiger partial charge in [-0.1, -0.05) is 6.92 Å². The fraction of sp³-hybridized carbons (Fsp3) is 1.00. The van der Waals surface area contributed by atoms with E-state index in [2.05, 4.69) is 6.92 Å². The molecule has 0 radical (unpaired) electrons. The van der Waals surface area contributed by atoms with E-state index in [1.807, 2.05) is 0 Å². The minimum absolute atomic E-state index is 0.0168. The van der Waals surface area contributed by atoms with E-state index in [1.54, 1.807) is 7.11 Å². The molecule has 1 saturated carbocycles. The van der Waals surface area contributed by atoms with Gasteiger partial charge in [-0.15, -0.1) is 0 Å². The van der Waals surface area contributed by atoms with Gasteiger partial charge in [-0.25, -0.2) is 0 Å². The predicted octanol–water partition coefficient (Wildman–Crippen LogP) is 1.20. The molecule has 2 unspecified atom stereocenters. The first kappa shape index (κ1) is 11.0. The average molecular weight is 188 g/mol. The van der Waals surface area contributed by atoms with Gasteiger partial charge in [0.05, 0.1) is 12.7 Å². The van der Waals surface area contributed by atoms with Gasteiger partial charge in [-0.2, -0.15) is 0 Å². The third kappa shape index (κ3) is 3.63. The Labute approximate surface area is 80.0 Å². The molecule has 1 aliphatic carbocycles. The van der Waals surface area contributed by atoms with Crippen molar-refractivity contribution in [2.24, 2.45) is 5.92 Å². The van der Waals surface area contributed by atoms with Crippen molar-refractivity contribution in [1.29, 1.82) is 0 Å². The molecule has 0 saturated heterocycles. The molecule has 78 valence electrons. The lowest BCUT2D eigenvalue weighted by Gasteiger charge is -2.20. The molecule has 0 aromatic rings. The molecule has 1 aliphatic rings. The molecule has 0 aromatic carbocycles. The lowest BCUT2D eigenvalue weighted by Crippen LogP contribution is -2.34. The minimum Gasteiger partial charge on any atom is -0.388 e. The molecule has 3 heteroatoms. The fourth-order valence-corrected chi connectivity index (χ4v) is 1.53. The Hall–Kier alpha value is -0.120. The minimum atomic E-state index is -0.455. The maximum absolute atomic E-state index is 9.70. The third-order valence-electron chi connectivity index (χ3n) is 2.38. The third-order valence-corrected chi connectivity index (χ3v) is 2.38. The number of methoxy groups -OCH3 is 1. The molecule has 1 fully saturated rings. The smallest absolute Gasteiger partial charge is 0.104 e. The maximum atomic E-state index is 9.70. The van der Waals surface area contributed by atoms with Gasteiger partial charge in [-0.3, -0.25) is 0 Å². The number of rotatable bonds is 7. The maximum Gasteiger partial charge on any atom is 0.104 e. The quantitative estimate of drug-likeness (QED) is 0.610. The zero-order chi connectivity index (χ0) is 9.68. The first-order chi connectivity index (χ1) is 6.29. The number of hydrogen-bond donors (Lipinski definition) is 1. The molecular weight excluding hydrogens is 168 g/mol. The van der Waals surface area contributed by atoms with Gasteiger partial charge in [0.25, 0.3) is 0 Å². The summed E-state index contributed by atoms with van der Waals surface area (Å²) in [4.78, 5) is 0. The van der Waals surface area contributed by atoms with Crippen molar-refractivity contribution in [1.82, 2.24) is 0 Å². The van der Waals surface area contributed by atoms with Crippen molar-refractivity contribution in [3.8, 4) is 0 Å². The first-order valence-electron chi connectivity index (χ1n) is 5.08. The van der Waals surface area contributed by atoms with Crippen LogP contribution >= 0.6 is 0 Å². The molecule has 1 rings (SSSR count). The second kappa shape index (κ2) is 5.58. The molecule has 3 nitrogen and oxygen atoms in total. The number of aliphatic hydroxyl groups excluding tert-OH is 1. The molecule has 0 aliphatic heterocycles. The van der Waals surface area contributed by atoms with Crippen LogP contribution in [0.2, 0.25) is 0 Å². The first-order valence-corrected chi connectivity index (χ1v) is 5.08. The summed E-state index contributed by atoms with van der Waals surface area (Å²) in [5.74, 6) is 0.560. The fourth-order valence-electron chi connectivity index (χ4n) is 1.53. The van der Waals surface area contributed by atoms with Crippen LogP contribution in [0, 0.1) is 5.92 Å². The van der Waals surface area contributed by atoms with Crippen LogP contribution in [0.15, 0.2) is 0 Å². The highest BCUT2D eigenvalue weighted by molar-refractivity contribution is 4.86. The number of aliphatic hydroxyl groups is 1. The van der Waals surface area contributed by atoms with Gasteiger partial charge in [0.2, 0.25) is 0 Å². The van der Waals surface area contributed by atoms with E-state index in [-0.39, 0.29) is 6.10 Å². The van der Waals surface area contributed by atoms with E-state index >= 15 is 0 Å². The normalized spacial score (nSPS) is 21.5. The SMILES string of the molecule is CCCOCC(O)C(OC)C1CC1. The topological polar surface area (TPSA) is 38.7 Å². The van der Waals surface area contributed by atoms with Crippen molar-refractivity contribution in [2.45, 2.75) is 38.4 Å². The number of hydrogen-bond acceptors (Lipinski definition) is 3. The van der Waals surface area contributed by atoms with E-state index in [1.165, 1.54) is 12.8 Å². The standard InChI is InChI=1S/C10H20O3/c1-3-6-13-7-9(11)10(12-2)8-4-5-8/h8-11H,3-7H2,1-2H3. The molecule has 0 spiro atoms. The summed E-state index contributed by atoms with van der Waals surface area (Å²) in [5, 5.41) is 9.70. The van der Waals surface area contributed by atoms with Crippen molar-refractivity contribution in [2.75, 3.05) is 20.3 Å². The Balaban J connectivity index is 2.15. The van der Waals surface area contributed by atoms with Crippen LogP contribution in [0.1, 0.15) is 26.2 Å². The second-order valence-electron chi connectivity index (χ2n) is 3.68. The predicted molar refractivity (Wildman–Crippen MR) is 50.6 cm³/mol. The summed E-state index contributed by atoms with van der Waals surface area (Å²) in [7, 11) is 1.66. The number of ether oxygens (including phenoxy) is 2. The molecular formula is C10H20O3. The van der Waals surface area contributed by atoms with Crippen molar-refractivity contribution in [3.05, 3.63) is 0 Å². The summed E-state index contributed by atoms with van der Waals surface area (Å²) < 4.78 is 10.5. The molecule has 0 heterocycles. The van der Waals surface area contributed by atoms with Crippen molar-refractivity contribution >= 4 is 0 Å². The second-order valence-corrected chi connectivity index (χ2v) is 3.68. The Morgan fingerprint density at radius 1 is 1.46 bits per heavy atom. The van der Waals surface area contributed by atoms with E-state index in [9.17, 15) is 5.11 Å². The Kier molecular flexibility index (Phi) is 4.70. The summed E-state index contributed by atoms with van der Waals surface area (Å²) in [6.07, 6.45) is 2.89. The molecule has 13 heavy (non-hydrogen) atoms. The molecule has 0 aromatic heterocycles. The summed E-state index contributed by atoms with van der Waals surface area (Å²) in [6, 6.07) is 0. The Bertz CT molecular complexity index is 134. The zero-order valence-corrected chi connectivity index (χ0v) is 8.53. The monoisotopic (exact) mass is 188 g/mol. The highest BCUT2D eigenvalue weighted by Gasteiger charge is 2.35. The van der Waals surface area contributed by atoms with Gasteiger partial charge in [0.1, 0.15) is 6.10 Å². The average Bonchev–Trinajstić information content (AvgIpc) is 2.90. The van der Waals surface area contributed by atoms with E-state index in [0.29, 0.717) is 12.5 Å².